The maximum atomic E-state index is 15.8. The summed E-state index contributed by atoms with van der Waals surface area (Å²) in [6, 6.07) is 0.0402. The molecule has 1 amide bonds. The van der Waals surface area contributed by atoms with Gasteiger partial charge in [-0.3, -0.25) is 14.4 Å². The summed E-state index contributed by atoms with van der Waals surface area (Å²) in [4.78, 5) is 38.4. The fourth-order valence-electron chi connectivity index (χ4n) is 15.0. The first-order chi connectivity index (χ1) is 32.4. The van der Waals surface area contributed by atoms with Crippen molar-refractivity contribution >= 4 is 25.0 Å². The van der Waals surface area contributed by atoms with E-state index in [1.807, 2.05) is 7.05 Å². The Labute approximate surface area is 403 Å². The molecule has 8 rings (SSSR count). The van der Waals surface area contributed by atoms with E-state index >= 15 is 4.57 Å². The monoisotopic (exact) mass is 959 g/mol. The highest BCUT2D eigenvalue weighted by molar-refractivity contribution is 7.66. The molecule has 8 aliphatic rings. The van der Waals surface area contributed by atoms with Crippen molar-refractivity contribution in [3.8, 4) is 0 Å². The second kappa shape index (κ2) is 24.7. The van der Waals surface area contributed by atoms with Crippen LogP contribution in [0.1, 0.15) is 206 Å². The van der Waals surface area contributed by atoms with E-state index < -0.39 is 30.9 Å². The van der Waals surface area contributed by atoms with E-state index in [-0.39, 0.29) is 71.7 Å². The van der Waals surface area contributed by atoms with Crippen LogP contribution in [0.5, 0.6) is 0 Å². The van der Waals surface area contributed by atoms with Crippen molar-refractivity contribution in [2.45, 2.75) is 278 Å². The molecule has 382 valence electrons. The van der Waals surface area contributed by atoms with Gasteiger partial charge < -0.3 is 44.4 Å². The molecule has 0 radical (unpaired) electrons. The highest BCUT2D eigenvalue weighted by Crippen LogP contribution is 2.68. The van der Waals surface area contributed by atoms with Crippen LogP contribution < -0.4 is 10.6 Å². The SMILES string of the molecule is CNCC1CC(OC2CCC(P(=O)(C3CCCCC3)C3CCC(OC4CCC(C(=O)O)C(C(=O)NC5CCC(OC6CCCC(OC7CCC(C)CC7)C6)CC5)C4)CC3)CC2)CCC1C(=O)O. The zero-order valence-corrected chi connectivity index (χ0v) is 42.4. The Balaban J connectivity index is 0.783. The number of carboxylic acids is 2. The van der Waals surface area contributed by atoms with Crippen LogP contribution in [0.2, 0.25) is 0 Å². The van der Waals surface area contributed by atoms with Gasteiger partial charge in [-0.25, -0.2) is 0 Å². The van der Waals surface area contributed by atoms with Crippen molar-refractivity contribution in [3.05, 3.63) is 0 Å². The van der Waals surface area contributed by atoms with Crippen molar-refractivity contribution in [3.63, 3.8) is 0 Å². The van der Waals surface area contributed by atoms with Crippen LogP contribution in [-0.2, 0) is 37.9 Å². The largest absolute Gasteiger partial charge is 0.481 e. The Morgan fingerprint density at radius 1 is 0.463 bits per heavy atom. The number of amides is 1. The quantitative estimate of drug-likeness (QED) is 0.102. The Morgan fingerprint density at radius 3 is 1.40 bits per heavy atom. The maximum Gasteiger partial charge on any atom is 0.307 e. The Hall–Kier alpha value is -1.56. The van der Waals surface area contributed by atoms with E-state index in [1.54, 1.807) is 0 Å². The minimum atomic E-state index is -2.52. The number of hydrogen-bond donors (Lipinski definition) is 4. The second-order valence-electron chi connectivity index (χ2n) is 23.4. The van der Waals surface area contributed by atoms with Crippen molar-refractivity contribution < 1.29 is 48.1 Å². The van der Waals surface area contributed by atoms with Crippen LogP contribution in [0, 0.1) is 29.6 Å². The van der Waals surface area contributed by atoms with E-state index in [4.69, 9.17) is 18.9 Å². The molecule has 4 N–H and O–H groups in total. The van der Waals surface area contributed by atoms with Crippen molar-refractivity contribution in [1.29, 1.82) is 0 Å². The van der Waals surface area contributed by atoms with Gasteiger partial charge in [-0.2, -0.15) is 0 Å². The average molecular weight is 959 g/mol. The molecule has 0 saturated heterocycles. The number of rotatable bonds is 17. The van der Waals surface area contributed by atoms with Gasteiger partial charge in [0.05, 0.1) is 73.7 Å². The average Bonchev–Trinajstić information content (AvgIpc) is 3.33. The summed E-state index contributed by atoms with van der Waals surface area (Å²) < 4.78 is 42.6. The molecule has 67 heavy (non-hydrogen) atoms. The predicted molar refractivity (Wildman–Crippen MR) is 261 cm³/mol. The molecule has 0 heterocycles. The third-order valence-corrected chi connectivity index (χ3v) is 23.8. The van der Waals surface area contributed by atoms with E-state index in [2.05, 4.69) is 17.6 Å². The lowest BCUT2D eigenvalue weighted by Crippen LogP contribution is -2.48. The number of ether oxygens (including phenoxy) is 4. The Kier molecular flexibility index (Phi) is 19.1. The molecule has 8 aliphatic carbocycles. The highest BCUT2D eigenvalue weighted by Gasteiger charge is 2.49. The van der Waals surface area contributed by atoms with Crippen LogP contribution in [0.3, 0.4) is 0 Å². The van der Waals surface area contributed by atoms with E-state index in [0.29, 0.717) is 50.1 Å². The third-order valence-electron chi connectivity index (χ3n) is 18.8. The third kappa shape index (κ3) is 13.7. The molecule has 0 spiro atoms. The molecule has 0 aromatic heterocycles. The number of carboxylic acid groups (broad SMARTS) is 2. The summed E-state index contributed by atoms with van der Waals surface area (Å²) >= 11 is 0. The van der Waals surface area contributed by atoms with Crippen LogP contribution in [-0.4, -0.2) is 114 Å². The van der Waals surface area contributed by atoms with Gasteiger partial charge in [0.1, 0.15) is 0 Å². The number of carbonyl (C=O) groups excluding carboxylic acids is 1. The van der Waals surface area contributed by atoms with Crippen LogP contribution >= 0.6 is 7.14 Å². The molecule has 9 atom stereocenters. The van der Waals surface area contributed by atoms with Gasteiger partial charge in [0.25, 0.3) is 0 Å². The van der Waals surface area contributed by atoms with Gasteiger partial charge in [0.2, 0.25) is 5.91 Å². The summed E-state index contributed by atoms with van der Waals surface area (Å²) in [6.45, 7) is 3.05. The van der Waals surface area contributed by atoms with E-state index in [1.165, 1.54) is 44.9 Å². The molecule has 0 aliphatic heterocycles. The normalized spacial score (nSPS) is 41.4. The molecule has 8 saturated carbocycles. The minimum Gasteiger partial charge on any atom is -0.481 e. The maximum absolute atomic E-state index is 15.8. The van der Waals surface area contributed by atoms with Crippen molar-refractivity contribution in [2.75, 3.05) is 13.6 Å². The van der Waals surface area contributed by atoms with Gasteiger partial charge >= 0.3 is 11.9 Å². The van der Waals surface area contributed by atoms with Gasteiger partial charge in [-0.05, 0) is 205 Å². The molecule has 13 heteroatoms. The Morgan fingerprint density at radius 2 is 0.896 bits per heavy atom. The zero-order chi connectivity index (χ0) is 46.9. The molecule has 9 unspecified atom stereocenters. The topological polar surface area (TPSA) is 170 Å². The number of nitrogens with one attached hydrogen (secondary N) is 2. The molecular weight excluding hydrogens is 868 g/mol. The first kappa shape index (κ1) is 51.8. The molecule has 0 aromatic carbocycles. The lowest BCUT2D eigenvalue weighted by atomic mass is 9.76. The predicted octanol–water partition coefficient (Wildman–Crippen LogP) is 10.6. The van der Waals surface area contributed by atoms with Gasteiger partial charge in [-0.15, -0.1) is 0 Å². The smallest absolute Gasteiger partial charge is 0.307 e. The van der Waals surface area contributed by atoms with Crippen molar-refractivity contribution in [2.24, 2.45) is 29.6 Å². The number of aliphatic carboxylic acids is 2. The number of carbonyl (C=O) groups is 3. The summed E-state index contributed by atoms with van der Waals surface area (Å²) in [5.74, 6) is -2.41. The summed E-state index contributed by atoms with van der Waals surface area (Å²) in [7, 11) is -0.632. The standard InChI is InChI=1S/C54H91N2O10P/c1-35-11-15-38(16-12-35)63-42-7-6-8-43(32-42)64-39-17-13-37(14-18-39)56-52(57)51-33-45(24-30-50(51)54(60)61)66-41-21-27-48(28-22-41)67(62,46-9-4-3-5-10-46)47-25-19-40(20-26-47)65-44-23-29-49(53(58)59)36(31-44)34-55-2/h35-51,55H,3-34H2,1-2H3,(H,56,57)(H,58,59)(H,60,61). The molecule has 0 bridgehead atoms. The lowest BCUT2D eigenvalue weighted by Gasteiger charge is -2.46. The lowest BCUT2D eigenvalue weighted by molar-refractivity contribution is -0.153. The molecule has 12 nitrogen and oxygen atoms in total. The van der Waals surface area contributed by atoms with Crippen LogP contribution in [0.4, 0.5) is 0 Å². The zero-order valence-electron chi connectivity index (χ0n) is 41.5. The van der Waals surface area contributed by atoms with Crippen LogP contribution in [0.15, 0.2) is 0 Å². The first-order valence-corrected chi connectivity index (χ1v) is 30.0. The van der Waals surface area contributed by atoms with E-state index in [0.717, 1.165) is 134 Å². The fraction of sp³-hybridized carbons (Fsp3) is 0.944. The second-order valence-corrected chi connectivity index (χ2v) is 27.1. The van der Waals surface area contributed by atoms with E-state index in [9.17, 15) is 24.6 Å². The Bertz CT molecular complexity index is 1610. The molecular formula is C54H91N2O10P. The summed E-state index contributed by atoms with van der Waals surface area (Å²) in [5, 5.41) is 26.5. The fourth-order valence-corrected chi connectivity index (χ4v) is 20.2. The van der Waals surface area contributed by atoms with Gasteiger partial charge in [0, 0.05) is 23.0 Å². The summed E-state index contributed by atoms with van der Waals surface area (Å²) in [6.07, 6.45) is 31.1. The molecule has 8 fully saturated rings. The van der Waals surface area contributed by atoms with Gasteiger partial charge in [0.15, 0.2) is 0 Å². The highest BCUT2D eigenvalue weighted by atomic mass is 31.2. The van der Waals surface area contributed by atoms with Crippen LogP contribution in [0.25, 0.3) is 0 Å². The first-order valence-electron chi connectivity index (χ1n) is 28.1. The molecule has 0 aromatic rings. The minimum absolute atomic E-state index is 0.0402. The van der Waals surface area contributed by atoms with Gasteiger partial charge in [-0.1, -0.05) is 26.2 Å². The summed E-state index contributed by atoms with van der Waals surface area (Å²) in [5.41, 5.74) is 0.815. The number of hydrogen-bond acceptors (Lipinski definition) is 9. The van der Waals surface area contributed by atoms with Crippen molar-refractivity contribution in [1.82, 2.24) is 10.6 Å².